The molecule has 0 aliphatic carbocycles. The minimum Gasteiger partial charge on any atom is -0.495 e. The molecule has 1 heterocycles. The third-order valence-corrected chi connectivity index (χ3v) is 3.33. The van der Waals surface area contributed by atoms with Gasteiger partial charge in [0.1, 0.15) is 5.75 Å². The van der Waals surface area contributed by atoms with Gasteiger partial charge in [0.2, 0.25) is 0 Å². The minimum absolute atomic E-state index is 0.330. The van der Waals surface area contributed by atoms with E-state index in [-0.39, 0.29) is 11.7 Å². The Morgan fingerprint density at radius 3 is 2.86 bits per heavy atom. The highest BCUT2D eigenvalue weighted by Gasteiger charge is 2.19. The molecular formula is C14H21N5O2. The average Bonchev–Trinajstić information content (AvgIpc) is 2.89. The number of aromatic nitrogens is 3. The third-order valence-electron chi connectivity index (χ3n) is 3.33. The Morgan fingerprint density at radius 1 is 1.38 bits per heavy atom. The van der Waals surface area contributed by atoms with Gasteiger partial charge in [-0.05, 0) is 31.5 Å². The number of unbranched alkanes of at least 4 members (excludes halogenated alkanes) is 1. The lowest BCUT2D eigenvalue weighted by Gasteiger charge is -2.14. The van der Waals surface area contributed by atoms with Crippen LogP contribution in [0.15, 0.2) is 29.1 Å². The highest BCUT2D eigenvalue weighted by Crippen LogP contribution is 2.24. The van der Waals surface area contributed by atoms with Gasteiger partial charge in [0, 0.05) is 0 Å². The molecule has 1 unspecified atom stereocenters. The summed E-state index contributed by atoms with van der Waals surface area (Å²) >= 11 is 0. The number of nitrogens with two attached hydrogens (primary N) is 2. The maximum absolute atomic E-state index is 12.1. The molecule has 1 atom stereocenters. The van der Waals surface area contributed by atoms with E-state index in [1.165, 1.54) is 4.57 Å². The van der Waals surface area contributed by atoms with Gasteiger partial charge in [0.15, 0.2) is 5.82 Å². The van der Waals surface area contributed by atoms with Crippen LogP contribution in [0, 0.1) is 0 Å². The zero-order chi connectivity index (χ0) is 15.2. The number of ether oxygens (including phenoxy) is 1. The third kappa shape index (κ3) is 3.32. The number of methoxy groups -OCH3 is 1. The number of hydrogen-bond donors (Lipinski definition) is 3. The van der Waals surface area contributed by atoms with Crippen LogP contribution in [0.3, 0.4) is 0 Å². The summed E-state index contributed by atoms with van der Waals surface area (Å²) in [5.74, 6) is 1.10. The fraction of sp³-hybridized carbons (Fsp3) is 0.429. The van der Waals surface area contributed by atoms with Crippen LogP contribution < -0.4 is 21.9 Å². The Kier molecular flexibility index (Phi) is 5.13. The molecule has 114 valence electrons. The summed E-state index contributed by atoms with van der Waals surface area (Å²) in [5, 5.41) is 6.52. The van der Waals surface area contributed by atoms with Crippen LogP contribution in [0.5, 0.6) is 5.75 Å². The largest absolute Gasteiger partial charge is 0.495 e. The van der Waals surface area contributed by atoms with Crippen molar-refractivity contribution in [3.8, 4) is 11.4 Å². The summed E-state index contributed by atoms with van der Waals surface area (Å²) in [5.41, 5.74) is 11.9. The second kappa shape index (κ2) is 7.05. The first-order valence-corrected chi connectivity index (χ1v) is 6.95. The number of rotatable bonds is 7. The molecule has 1 aromatic carbocycles. The Morgan fingerprint density at radius 2 is 2.14 bits per heavy atom. The van der Waals surface area contributed by atoms with Crippen LogP contribution in [0.1, 0.15) is 31.1 Å². The molecule has 0 saturated heterocycles. The zero-order valence-corrected chi connectivity index (χ0v) is 12.1. The van der Waals surface area contributed by atoms with Gasteiger partial charge in [0.25, 0.3) is 0 Å². The standard InChI is InChI=1S/C14H21N5O2/c1-21-12-8-3-2-7-11(12)19-13(17-18-14(19)20)10(16)6-4-5-9-15/h2-3,7-8,10H,4-6,9,15-16H2,1H3,(H,18,20). The first kappa shape index (κ1) is 15.3. The van der Waals surface area contributed by atoms with Gasteiger partial charge in [0.05, 0.1) is 18.8 Å². The van der Waals surface area contributed by atoms with Gasteiger partial charge in [-0.3, -0.25) is 0 Å². The van der Waals surface area contributed by atoms with Crippen molar-refractivity contribution in [3.63, 3.8) is 0 Å². The molecule has 1 aromatic heterocycles. The quantitative estimate of drug-likeness (QED) is 0.650. The molecular weight excluding hydrogens is 270 g/mol. The summed E-state index contributed by atoms with van der Waals surface area (Å²) in [6.07, 6.45) is 2.51. The summed E-state index contributed by atoms with van der Waals surface area (Å²) in [7, 11) is 1.56. The van der Waals surface area contributed by atoms with Crippen molar-refractivity contribution >= 4 is 0 Å². The Bertz CT molecular complexity index is 634. The van der Waals surface area contributed by atoms with E-state index < -0.39 is 0 Å². The van der Waals surface area contributed by atoms with Crippen molar-refractivity contribution in [2.24, 2.45) is 11.5 Å². The molecule has 2 rings (SSSR count). The molecule has 7 heteroatoms. The van der Waals surface area contributed by atoms with Crippen LogP contribution >= 0.6 is 0 Å². The lowest BCUT2D eigenvalue weighted by atomic mass is 10.1. The first-order valence-electron chi connectivity index (χ1n) is 6.95. The summed E-state index contributed by atoms with van der Waals surface area (Å²) in [6.45, 7) is 0.632. The average molecular weight is 291 g/mol. The second-order valence-corrected chi connectivity index (χ2v) is 4.79. The lowest BCUT2D eigenvalue weighted by molar-refractivity contribution is 0.411. The van der Waals surface area contributed by atoms with Crippen molar-refractivity contribution in [3.05, 3.63) is 40.6 Å². The van der Waals surface area contributed by atoms with Crippen LogP contribution in [0.4, 0.5) is 0 Å². The number of aromatic amines is 1. The van der Waals surface area contributed by atoms with E-state index in [0.717, 1.165) is 19.3 Å². The van der Waals surface area contributed by atoms with E-state index in [1.807, 2.05) is 12.1 Å². The predicted molar refractivity (Wildman–Crippen MR) is 80.6 cm³/mol. The summed E-state index contributed by atoms with van der Waals surface area (Å²) < 4.78 is 6.76. The lowest BCUT2D eigenvalue weighted by Crippen LogP contribution is -2.22. The Balaban J connectivity index is 2.36. The van der Waals surface area contributed by atoms with E-state index >= 15 is 0 Å². The molecule has 0 fully saturated rings. The van der Waals surface area contributed by atoms with Crippen molar-refractivity contribution < 1.29 is 4.74 Å². The number of H-pyrrole nitrogens is 1. The fourth-order valence-electron chi connectivity index (χ4n) is 2.24. The number of para-hydroxylation sites is 2. The highest BCUT2D eigenvalue weighted by atomic mass is 16.5. The van der Waals surface area contributed by atoms with Crippen LogP contribution in [-0.4, -0.2) is 28.4 Å². The van der Waals surface area contributed by atoms with Gasteiger partial charge in [-0.25, -0.2) is 14.5 Å². The van der Waals surface area contributed by atoms with Gasteiger partial charge < -0.3 is 16.2 Å². The topological polar surface area (TPSA) is 112 Å². The Labute approximate surface area is 122 Å². The highest BCUT2D eigenvalue weighted by molar-refractivity contribution is 5.47. The molecule has 0 radical (unpaired) electrons. The number of benzene rings is 1. The molecule has 2 aromatic rings. The van der Waals surface area contributed by atoms with E-state index in [9.17, 15) is 4.79 Å². The van der Waals surface area contributed by atoms with Crippen LogP contribution in [0.2, 0.25) is 0 Å². The SMILES string of the molecule is COc1ccccc1-n1c(C(N)CCCCN)n[nH]c1=O. The molecule has 0 aliphatic rings. The van der Waals surface area contributed by atoms with E-state index in [0.29, 0.717) is 23.8 Å². The first-order chi connectivity index (χ1) is 10.2. The van der Waals surface area contributed by atoms with E-state index in [2.05, 4.69) is 10.2 Å². The van der Waals surface area contributed by atoms with Gasteiger partial charge in [-0.2, -0.15) is 5.10 Å². The smallest absolute Gasteiger partial charge is 0.348 e. The summed E-state index contributed by atoms with van der Waals surface area (Å²) in [4.78, 5) is 12.1. The second-order valence-electron chi connectivity index (χ2n) is 4.79. The molecule has 5 N–H and O–H groups in total. The van der Waals surface area contributed by atoms with E-state index in [1.54, 1.807) is 19.2 Å². The van der Waals surface area contributed by atoms with Crippen molar-refractivity contribution in [1.29, 1.82) is 0 Å². The molecule has 7 nitrogen and oxygen atoms in total. The maximum atomic E-state index is 12.1. The minimum atomic E-state index is -0.333. The summed E-state index contributed by atoms with van der Waals surface area (Å²) in [6, 6.07) is 6.93. The van der Waals surface area contributed by atoms with Crippen LogP contribution in [0.25, 0.3) is 5.69 Å². The number of nitrogens with one attached hydrogen (secondary N) is 1. The van der Waals surface area contributed by atoms with Crippen molar-refractivity contribution in [2.75, 3.05) is 13.7 Å². The monoisotopic (exact) mass is 291 g/mol. The van der Waals surface area contributed by atoms with Crippen molar-refractivity contribution in [2.45, 2.75) is 25.3 Å². The molecule has 0 spiro atoms. The molecule has 0 amide bonds. The fourth-order valence-corrected chi connectivity index (χ4v) is 2.24. The van der Waals surface area contributed by atoms with Crippen LogP contribution in [-0.2, 0) is 0 Å². The maximum Gasteiger partial charge on any atom is 0.348 e. The Hall–Kier alpha value is -2.12. The van der Waals surface area contributed by atoms with Gasteiger partial charge in [-0.1, -0.05) is 18.6 Å². The normalized spacial score (nSPS) is 12.3. The predicted octanol–water partition coefficient (Wildman–Crippen LogP) is 0.698. The molecule has 0 bridgehead atoms. The van der Waals surface area contributed by atoms with E-state index in [4.69, 9.17) is 16.2 Å². The molecule has 21 heavy (non-hydrogen) atoms. The molecule has 0 saturated carbocycles. The number of nitrogens with zero attached hydrogens (tertiary/aromatic N) is 2. The molecule has 0 aliphatic heterocycles. The van der Waals surface area contributed by atoms with Gasteiger partial charge >= 0.3 is 5.69 Å². The van der Waals surface area contributed by atoms with Crippen molar-refractivity contribution in [1.82, 2.24) is 14.8 Å². The number of hydrogen-bond acceptors (Lipinski definition) is 5. The van der Waals surface area contributed by atoms with Gasteiger partial charge in [-0.15, -0.1) is 0 Å². The zero-order valence-electron chi connectivity index (χ0n) is 12.1.